The minimum absolute atomic E-state index is 0.133. The lowest BCUT2D eigenvalue weighted by Gasteiger charge is -2.29. The number of aliphatic hydroxyl groups excluding tert-OH is 2. The Morgan fingerprint density at radius 1 is 1.36 bits per heavy atom. The van der Waals surface area contributed by atoms with E-state index in [1.54, 1.807) is 12.2 Å². The van der Waals surface area contributed by atoms with Crippen LogP contribution in [0.4, 0.5) is 0 Å². The molecule has 3 N–H and O–H groups in total. The minimum Gasteiger partial charge on any atom is -0.396 e. The molecule has 0 saturated heterocycles. The van der Waals surface area contributed by atoms with E-state index in [1.807, 2.05) is 0 Å². The molecule has 0 aromatic rings. The van der Waals surface area contributed by atoms with Gasteiger partial charge in [0.2, 0.25) is 0 Å². The summed E-state index contributed by atoms with van der Waals surface area (Å²) < 4.78 is 0. The van der Waals surface area contributed by atoms with Gasteiger partial charge in [-0.1, -0.05) is 24.3 Å². The van der Waals surface area contributed by atoms with Crippen LogP contribution in [-0.2, 0) is 0 Å². The fraction of sp³-hybridized carbons (Fsp3) is 0.500. The van der Waals surface area contributed by atoms with Crippen molar-refractivity contribution < 1.29 is 15.3 Å². The van der Waals surface area contributed by atoms with Crippen molar-refractivity contribution in [2.24, 2.45) is 0 Å². The lowest BCUT2D eigenvalue weighted by atomic mass is 9.89. The molecule has 62 valence electrons. The molecule has 0 aromatic heterocycles. The number of hydrogen-bond acceptors (Lipinski definition) is 3. The van der Waals surface area contributed by atoms with Crippen LogP contribution in [0.1, 0.15) is 6.42 Å². The summed E-state index contributed by atoms with van der Waals surface area (Å²) >= 11 is 0. The molecule has 0 saturated carbocycles. The Bertz CT molecular complexity index is 186. The van der Waals surface area contributed by atoms with Gasteiger partial charge in [-0.15, -0.1) is 0 Å². The molecule has 3 heteroatoms. The fourth-order valence-electron chi connectivity index (χ4n) is 1.07. The summed E-state index contributed by atoms with van der Waals surface area (Å²) in [5, 5.41) is 27.4. The predicted octanol–water partition coefficient (Wildman–Crippen LogP) is -0.413. The third kappa shape index (κ3) is 1.68. The van der Waals surface area contributed by atoms with Crippen LogP contribution in [0.2, 0.25) is 0 Å². The molecule has 1 aliphatic carbocycles. The Morgan fingerprint density at radius 2 is 2.09 bits per heavy atom. The molecule has 0 amide bonds. The average Bonchev–Trinajstić information content (AvgIpc) is 1.96. The summed E-state index contributed by atoms with van der Waals surface area (Å²) in [5.74, 6) is 0. The molecule has 0 radical (unpaired) electrons. The first-order valence-electron chi connectivity index (χ1n) is 3.56. The Morgan fingerprint density at radius 3 is 2.64 bits per heavy atom. The van der Waals surface area contributed by atoms with Crippen molar-refractivity contribution in [3.63, 3.8) is 0 Å². The Hall–Kier alpha value is -0.640. The third-order valence-corrected chi connectivity index (χ3v) is 1.81. The first-order valence-corrected chi connectivity index (χ1v) is 3.56. The van der Waals surface area contributed by atoms with Gasteiger partial charge in [-0.2, -0.15) is 0 Å². The lowest BCUT2D eigenvalue weighted by Crippen LogP contribution is -2.41. The Balaban J connectivity index is 2.68. The SMILES string of the molecule is OCCC1(O)C=CC=CC1O. The summed E-state index contributed by atoms with van der Waals surface area (Å²) in [6, 6.07) is 0. The zero-order valence-electron chi connectivity index (χ0n) is 6.14. The summed E-state index contributed by atoms with van der Waals surface area (Å²) in [6.07, 6.45) is 5.57. The van der Waals surface area contributed by atoms with Crippen LogP contribution in [0.25, 0.3) is 0 Å². The highest BCUT2D eigenvalue weighted by Gasteiger charge is 2.31. The van der Waals surface area contributed by atoms with E-state index in [9.17, 15) is 10.2 Å². The van der Waals surface area contributed by atoms with E-state index in [1.165, 1.54) is 12.2 Å². The van der Waals surface area contributed by atoms with Gasteiger partial charge in [0.15, 0.2) is 0 Å². The first-order chi connectivity index (χ1) is 5.19. The highest BCUT2D eigenvalue weighted by atomic mass is 16.3. The number of aliphatic hydroxyl groups is 3. The van der Waals surface area contributed by atoms with Gasteiger partial charge in [-0.05, 0) is 0 Å². The topological polar surface area (TPSA) is 60.7 Å². The zero-order chi connectivity index (χ0) is 8.32. The van der Waals surface area contributed by atoms with E-state index in [0.29, 0.717) is 0 Å². The second-order valence-corrected chi connectivity index (χ2v) is 2.65. The van der Waals surface area contributed by atoms with Gasteiger partial charge in [0, 0.05) is 13.0 Å². The van der Waals surface area contributed by atoms with E-state index in [0.717, 1.165) is 0 Å². The number of hydrogen-bond donors (Lipinski definition) is 3. The van der Waals surface area contributed by atoms with Crippen LogP contribution in [0.15, 0.2) is 24.3 Å². The van der Waals surface area contributed by atoms with Gasteiger partial charge < -0.3 is 15.3 Å². The molecule has 0 heterocycles. The van der Waals surface area contributed by atoms with Crippen LogP contribution in [0, 0.1) is 0 Å². The quantitative estimate of drug-likeness (QED) is 0.509. The van der Waals surface area contributed by atoms with Crippen LogP contribution in [0.3, 0.4) is 0 Å². The van der Waals surface area contributed by atoms with Crippen molar-refractivity contribution >= 4 is 0 Å². The van der Waals surface area contributed by atoms with Crippen molar-refractivity contribution in [2.45, 2.75) is 18.1 Å². The standard InChI is InChI=1S/C8H12O3/c9-6-5-8(11)4-2-1-3-7(8)10/h1-4,7,9-11H,5-6H2. The molecule has 0 aromatic carbocycles. The summed E-state index contributed by atoms with van der Waals surface area (Å²) in [4.78, 5) is 0. The van der Waals surface area contributed by atoms with Crippen molar-refractivity contribution in [3.8, 4) is 0 Å². The van der Waals surface area contributed by atoms with Crippen LogP contribution in [-0.4, -0.2) is 33.6 Å². The minimum atomic E-state index is -1.27. The van der Waals surface area contributed by atoms with Gasteiger partial charge in [0.05, 0.1) is 0 Å². The van der Waals surface area contributed by atoms with Gasteiger partial charge in [0.1, 0.15) is 11.7 Å². The fourth-order valence-corrected chi connectivity index (χ4v) is 1.07. The van der Waals surface area contributed by atoms with Crippen LogP contribution >= 0.6 is 0 Å². The second-order valence-electron chi connectivity index (χ2n) is 2.65. The Labute approximate surface area is 65.3 Å². The molecule has 2 atom stereocenters. The molecular weight excluding hydrogens is 144 g/mol. The zero-order valence-corrected chi connectivity index (χ0v) is 6.14. The maximum absolute atomic E-state index is 9.59. The molecule has 0 bridgehead atoms. The third-order valence-electron chi connectivity index (χ3n) is 1.81. The smallest absolute Gasteiger partial charge is 0.115 e. The Kier molecular flexibility index (Phi) is 2.44. The maximum Gasteiger partial charge on any atom is 0.115 e. The molecule has 1 rings (SSSR count). The largest absolute Gasteiger partial charge is 0.396 e. The highest BCUT2D eigenvalue weighted by Crippen LogP contribution is 2.21. The van der Waals surface area contributed by atoms with Gasteiger partial charge >= 0.3 is 0 Å². The van der Waals surface area contributed by atoms with Crippen molar-refractivity contribution in [1.82, 2.24) is 0 Å². The van der Waals surface area contributed by atoms with Gasteiger partial charge in [-0.3, -0.25) is 0 Å². The first kappa shape index (κ1) is 8.46. The molecule has 3 nitrogen and oxygen atoms in total. The molecule has 1 aliphatic rings. The van der Waals surface area contributed by atoms with Gasteiger partial charge in [0.25, 0.3) is 0 Å². The molecule has 0 aliphatic heterocycles. The summed E-state index contributed by atoms with van der Waals surface area (Å²) in [5.41, 5.74) is -1.27. The van der Waals surface area contributed by atoms with Crippen molar-refractivity contribution in [3.05, 3.63) is 24.3 Å². The predicted molar refractivity (Wildman–Crippen MR) is 40.9 cm³/mol. The molecule has 2 unspecified atom stereocenters. The molecular formula is C8H12O3. The van der Waals surface area contributed by atoms with E-state index in [-0.39, 0.29) is 13.0 Å². The summed E-state index contributed by atoms with van der Waals surface area (Å²) in [7, 11) is 0. The molecule has 0 spiro atoms. The van der Waals surface area contributed by atoms with Gasteiger partial charge in [-0.25, -0.2) is 0 Å². The highest BCUT2D eigenvalue weighted by molar-refractivity contribution is 5.22. The van der Waals surface area contributed by atoms with E-state index < -0.39 is 11.7 Å². The number of rotatable bonds is 2. The van der Waals surface area contributed by atoms with Crippen molar-refractivity contribution in [1.29, 1.82) is 0 Å². The molecule has 11 heavy (non-hydrogen) atoms. The van der Waals surface area contributed by atoms with Crippen LogP contribution in [0.5, 0.6) is 0 Å². The van der Waals surface area contributed by atoms with Crippen LogP contribution < -0.4 is 0 Å². The normalized spacial score (nSPS) is 36.1. The molecule has 0 fully saturated rings. The second kappa shape index (κ2) is 3.17. The lowest BCUT2D eigenvalue weighted by molar-refractivity contribution is -0.0305. The number of allylic oxidation sites excluding steroid dienone is 2. The summed E-state index contributed by atoms with van der Waals surface area (Å²) in [6.45, 7) is -0.133. The monoisotopic (exact) mass is 156 g/mol. The average molecular weight is 156 g/mol. The maximum atomic E-state index is 9.59. The van der Waals surface area contributed by atoms with E-state index >= 15 is 0 Å². The van der Waals surface area contributed by atoms with E-state index in [4.69, 9.17) is 5.11 Å². The van der Waals surface area contributed by atoms with E-state index in [2.05, 4.69) is 0 Å². The van der Waals surface area contributed by atoms with Crippen molar-refractivity contribution in [2.75, 3.05) is 6.61 Å².